The van der Waals surface area contributed by atoms with Crippen molar-refractivity contribution in [3.05, 3.63) is 41.9 Å². The minimum absolute atomic E-state index is 0.121. The Morgan fingerprint density at radius 2 is 1.69 bits per heavy atom. The topological polar surface area (TPSA) is 126 Å². The normalized spacial score (nSPS) is 17.3. The molecule has 2 atom stereocenters. The molecule has 1 heterocycles. The Balaban J connectivity index is 1.88. The number of benzene rings is 1. The Hall–Kier alpha value is -3.36. The molecule has 9 nitrogen and oxygen atoms in total. The second-order valence-corrected chi connectivity index (χ2v) is 9.03. The number of carbonyl (C=O) groups is 1. The van der Waals surface area contributed by atoms with Crippen molar-refractivity contribution in [3.63, 3.8) is 0 Å². The van der Waals surface area contributed by atoms with E-state index in [0.29, 0.717) is 74.3 Å². The van der Waals surface area contributed by atoms with Crippen molar-refractivity contribution >= 4 is 11.9 Å². The molecule has 1 fully saturated rings. The average molecular weight is 501 g/mol. The Morgan fingerprint density at radius 1 is 1.03 bits per heavy atom. The number of carbonyl (C=O) groups excluding carboxylic acids is 1. The third-order valence-corrected chi connectivity index (χ3v) is 6.31. The lowest BCUT2D eigenvalue weighted by molar-refractivity contribution is 0.0653. The summed E-state index contributed by atoms with van der Waals surface area (Å²) in [6.07, 6.45) is 5.70. The summed E-state index contributed by atoms with van der Waals surface area (Å²) in [6, 6.07) is 7.21. The molecule has 1 aromatic carbocycles. The van der Waals surface area contributed by atoms with Gasteiger partial charge in [-0.1, -0.05) is 6.42 Å². The standard InChI is InChI=1S/C27H40N4O5/c1-4-33-23-15-25(35-6-3)24(34-5-2)14-21(23)18-31(26(32)22-11-8-12-36-22)17-20-10-7-9-19(13-20)16-30-27(28)29/h8,11-12,14-15,19-20H,4-7,9-10,13,16-18H2,1-3H3,(H4,28,29,30). The first-order chi connectivity index (χ1) is 17.4. The number of aliphatic imine (C=N–C) groups is 1. The van der Waals surface area contributed by atoms with Gasteiger partial charge in [-0.25, -0.2) is 0 Å². The van der Waals surface area contributed by atoms with Crippen molar-refractivity contribution in [2.45, 2.75) is 53.0 Å². The molecule has 1 aromatic heterocycles. The van der Waals surface area contributed by atoms with E-state index < -0.39 is 0 Å². The number of rotatable bonds is 13. The molecule has 1 amide bonds. The van der Waals surface area contributed by atoms with Gasteiger partial charge in [-0.05, 0) is 70.1 Å². The summed E-state index contributed by atoms with van der Waals surface area (Å²) in [4.78, 5) is 19.6. The maximum absolute atomic E-state index is 13.5. The van der Waals surface area contributed by atoms with Crippen LogP contribution in [0.15, 0.2) is 39.9 Å². The predicted molar refractivity (Wildman–Crippen MR) is 140 cm³/mol. The molecule has 3 rings (SSSR count). The first-order valence-electron chi connectivity index (χ1n) is 12.9. The summed E-state index contributed by atoms with van der Waals surface area (Å²) in [5.41, 5.74) is 11.9. The number of ether oxygens (including phenoxy) is 3. The first-order valence-corrected chi connectivity index (χ1v) is 12.9. The fourth-order valence-electron chi connectivity index (χ4n) is 4.79. The summed E-state index contributed by atoms with van der Waals surface area (Å²) in [5.74, 6) is 2.97. The van der Waals surface area contributed by atoms with Crippen LogP contribution in [0, 0.1) is 11.8 Å². The number of furan rings is 1. The van der Waals surface area contributed by atoms with E-state index in [4.69, 9.17) is 30.1 Å². The lowest BCUT2D eigenvalue weighted by Gasteiger charge is -2.33. The Morgan fingerprint density at radius 3 is 2.33 bits per heavy atom. The molecule has 36 heavy (non-hydrogen) atoms. The molecule has 0 radical (unpaired) electrons. The van der Waals surface area contributed by atoms with Crippen molar-refractivity contribution < 1.29 is 23.4 Å². The van der Waals surface area contributed by atoms with Crippen LogP contribution in [0.3, 0.4) is 0 Å². The lowest BCUT2D eigenvalue weighted by atomic mass is 9.81. The molecule has 2 aromatic rings. The maximum Gasteiger partial charge on any atom is 0.289 e. The molecule has 1 saturated carbocycles. The zero-order chi connectivity index (χ0) is 25.9. The number of hydrogen-bond acceptors (Lipinski definition) is 6. The van der Waals surface area contributed by atoms with E-state index in [-0.39, 0.29) is 11.9 Å². The van der Waals surface area contributed by atoms with Crippen LogP contribution >= 0.6 is 0 Å². The van der Waals surface area contributed by atoms with Crippen molar-refractivity contribution in [3.8, 4) is 17.2 Å². The molecule has 1 aliphatic carbocycles. The number of nitrogens with zero attached hydrogens (tertiary/aromatic N) is 2. The molecule has 4 N–H and O–H groups in total. The number of amides is 1. The van der Waals surface area contributed by atoms with Crippen LogP contribution in [0.5, 0.6) is 17.2 Å². The van der Waals surface area contributed by atoms with E-state index in [9.17, 15) is 4.79 Å². The number of guanidine groups is 1. The molecule has 2 unspecified atom stereocenters. The molecular formula is C27H40N4O5. The minimum atomic E-state index is -0.152. The minimum Gasteiger partial charge on any atom is -0.493 e. The average Bonchev–Trinajstić information content (AvgIpc) is 3.40. The van der Waals surface area contributed by atoms with E-state index in [1.807, 2.05) is 37.8 Å². The molecule has 198 valence electrons. The first kappa shape index (κ1) is 27.2. The molecule has 9 heteroatoms. The second-order valence-electron chi connectivity index (χ2n) is 9.03. The van der Waals surface area contributed by atoms with Gasteiger partial charge in [0.1, 0.15) is 5.75 Å². The maximum atomic E-state index is 13.5. The Kier molecular flexibility index (Phi) is 10.3. The summed E-state index contributed by atoms with van der Waals surface area (Å²) in [7, 11) is 0. The van der Waals surface area contributed by atoms with Crippen molar-refractivity contribution in [2.24, 2.45) is 28.3 Å². The van der Waals surface area contributed by atoms with E-state index in [1.165, 1.54) is 6.26 Å². The van der Waals surface area contributed by atoms with Gasteiger partial charge in [-0.15, -0.1) is 0 Å². The second kappa shape index (κ2) is 13.7. The fraction of sp³-hybridized carbons (Fsp3) is 0.556. The van der Waals surface area contributed by atoms with E-state index in [2.05, 4.69) is 4.99 Å². The SMILES string of the molecule is CCOc1cc(OCC)c(OCC)cc1CN(CC1CCCC(CN=C(N)N)C1)C(=O)c1ccco1. The van der Waals surface area contributed by atoms with Crippen LogP contribution in [0.1, 0.15) is 62.6 Å². The highest BCUT2D eigenvalue weighted by molar-refractivity contribution is 5.91. The third-order valence-electron chi connectivity index (χ3n) is 6.31. The highest BCUT2D eigenvalue weighted by Gasteiger charge is 2.28. The monoisotopic (exact) mass is 500 g/mol. The quantitative estimate of drug-likeness (QED) is 0.312. The van der Waals surface area contributed by atoms with Gasteiger partial charge in [-0.3, -0.25) is 9.79 Å². The summed E-state index contributed by atoms with van der Waals surface area (Å²) < 4.78 is 23.1. The zero-order valence-corrected chi connectivity index (χ0v) is 21.7. The molecule has 0 spiro atoms. The predicted octanol–water partition coefficient (Wildman–Crippen LogP) is 4.20. The fourth-order valence-corrected chi connectivity index (χ4v) is 4.79. The third kappa shape index (κ3) is 7.57. The van der Waals surface area contributed by atoms with Gasteiger partial charge in [0.25, 0.3) is 5.91 Å². The number of nitrogens with two attached hydrogens (primary N) is 2. The van der Waals surface area contributed by atoms with Crippen molar-refractivity contribution in [1.82, 2.24) is 4.90 Å². The molecule has 0 aliphatic heterocycles. The Bertz CT molecular complexity index is 988. The largest absolute Gasteiger partial charge is 0.493 e. The highest BCUT2D eigenvalue weighted by Crippen LogP contribution is 2.37. The highest BCUT2D eigenvalue weighted by atomic mass is 16.5. The smallest absolute Gasteiger partial charge is 0.289 e. The van der Waals surface area contributed by atoms with Gasteiger partial charge < -0.3 is 35.0 Å². The van der Waals surface area contributed by atoms with Gasteiger partial charge >= 0.3 is 0 Å². The van der Waals surface area contributed by atoms with Crippen LogP contribution in [0.25, 0.3) is 0 Å². The van der Waals surface area contributed by atoms with E-state index in [1.54, 1.807) is 12.1 Å². The molecule has 0 bridgehead atoms. The van der Waals surface area contributed by atoms with Gasteiger partial charge in [0.05, 0.1) is 26.1 Å². The van der Waals surface area contributed by atoms with Crippen LogP contribution in [0.2, 0.25) is 0 Å². The van der Waals surface area contributed by atoms with Gasteiger partial charge in [0.15, 0.2) is 23.2 Å². The Labute approximate surface area is 213 Å². The van der Waals surface area contributed by atoms with Gasteiger partial charge in [-0.2, -0.15) is 0 Å². The zero-order valence-electron chi connectivity index (χ0n) is 21.7. The van der Waals surface area contributed by atoms with Crippen LogP contribution in [-0.2, 0) is 6.54 Å². The van der Waals surface area contributed by atoms with Crippen LogP contribution in [-0.4, -0.2) is 49.7 Å². The van der Waals surface area contributed by atoms with Gasteiger partial charge in [0, 0.05) is 31.3 Å². The summed E-state index contributed by atoms with van der Waals surface area (Å²) >= 11 is 0. The van der Waals surface area contributed by atoms with Crippen LogP contribution < -0.4 is 25.7 Å². The van der Waals surface area contributed by atoms with Crippen molar-refractivity contribution in [2.75, 3.05) is 32.9 Å². The summed E-state index contributed by atoms with van der Waals surface area (Å²) in [5, 5.41) is 0. The molecule has 1 aliphatic rings. The van der Waals surface area contributed by atoms with E-state index >= 15 is 0 Å². The molecule has 0 saturated heterocycles. The van der Waals surface area contributed by atoms with Crippen molar-refractivity contribution in [1.29, 1.82) is 0 Å². The van der Waals surface area contributed by atoms with Crippen LogP contribution in [0.4, 0.5) is 0 Å². The van der Waals surface area contributed by atoms with Gasteiger partial charge in [0.2, 0.25) is 0 Å². The number of hydrogen-bond donors (Lipinski definition) is 2. The molecular weight excluding hydrogens is 460 g/mol. The van der Waals surface area contributed by atoms with E-state index in [0.717, 1.165) is 31.2 Å². The lowest BCUT2D eigenvalue weighted by Crippen LogP contribution is -2.37. The summed E-state index contributed by atoms with van der Waals surface area (Å²) in [6.45, 7) is 8.88.